The van der Waals surface area contributed by atoms with Crippen molar-refractivity contribution in [1.82, 2.24) is 0 Å². The summed E-state index contributed by atoms with van der Waals surface area (Å²) in [6.07, 6.45) is 5.67. The lowest BCUT2D eigenvalue weighted by atomic mass is 10.3. The second kappa shape index (κ2) is 5.86. The van der Waals surface area contributed by atoms with Gasteiger partial charge < -0.3 is 10.4 Å². The Morgan fingerprint density at radius 1 is 1.40 bits per heavy atom. The highest BCUT2D eigenvalue weighted by molar-refractivity contribution is 5.98. The third-order valence-electron chi connectivity index (χ3n) is 1.65. The lowest BCUT2D eigenvalue weighted by molar-refractivity contribution is -0.111. The molecule has 0 aliphatic heterocycles. The molecule has 0 heterocycles. The second-order valence-corrected chi connectivity index (χ2v) is 3.30. The molecule has 0 saturated heterocycles. The first-order valence-corrected chi connectivity index (χ1v) is 4.95. The Kier molecular flexibility index (Phi) is 4.41. The maximum absolute atomic E-state index is 10.8. The minimum Gasteiger partial charge on any atom is -0.508 e. The molecule has 0 bridgehead atoms. The van der Waals surface area contributed by atoms with Gasteiger partial charge in [0.2, 0.25) is 5.91 Å². The van der Waals surface area contributed by atoms with Crippen LogP contribution in [0.4, 0.5) is 5.69 Å². The number of nitrogens with one attached hydrogen (secondary N) is 1. The monoisotopic (exact) mass is 205 g/mol. The summed E-state index contributed by atoms with van der Waals surface area (Å²) < 4.78 is 0. The second-order valence-electron chi connectivity index (χ2n) is 3.30. The lowest BCUT2D eigenvalue weighted by Gasteiger charge is -2.00. The average molecular weight is 205 g/mol. The van der Waals surface area contributed by atoms with E-state index in [2.05, 4.69) is 11.9 Å². The van der Waals surface area contributed by atoms with E-state index in [1.807, 2.05) is 0 Å². The number of anilines is 1. The number of aromatic hydroxyl groups is 1. The first-order chi connectivity index (χ1) is 7.22. The van der Waals surface area contributed by atoms with Crippen LogP contribution in [0.5, 0.6) is 5.75 Å². The highest BCUT2D eigenvalue weighted by atomic mass is 16.3. The summed E-state index contributed by atoms with van der Waals surface area (Å²) in [6.45, 7) is 3.30. The molecular formula is C12H15NO2. The number of rotatable bonds is 2. The molecule has 0 atom stereocenters. The number of hydrogen-bond donors (Lipinski definition) is 2. The number of carbonyl (C=O) groups excluding carboxylic acids is 1. The molecule has 1 aromatic rings. The minimum absolute atomic E-state index is 0.122. The van der Waals surface area contributed by atoms with E-state index in [4.69, 9.17) is 5.11 Å². The van der Waals surface area contributed by atoms with E-state index >= 15 is 0 Å². The zero-order valence-corrected chi connectivity index (χ0v) is 8.57. The fourth-order valence-electron chi connectivity index (χ4n) is 0.777. The van der Waals surface area contributed by atoms with Crippen molar-refractivity contribution in [1.29, 1.82) is 0 Å². The highest BCUT2D eigenvalue weighted by Crippen LogP contribution is 2.15. The fourth-order valence-corrected chi connectivity index (χ4v) is 0.777. The van der Waals surface area contributed by atoms with Gasteiger partial charge in [-0.1, -0.05) is 31.9 Å². The van der Waals surface area contributed by atoms with Crippen LogP contribution in [0.25, 0.3) is 0 Å². The molecule has 3 nitrogen and oxygen atoms in total. The van der Waals surface area contributed by atoms with Gasteiger partial charge in [-0.15, -0.1) is 0 Å². The Morgan fingerprint density at radius 3 is 2.53 bits per heavy atom. The maximum Gasteiger partial charge on any atom is 0.247 e. The van der Waals surface area contributed by atoms with Crippen LogP contribution < -0.4 is 5.32 Å². The Bertz CT molecular complexity index is 342. The summed E-state index contributed by atoms with van der Waals surface area (Å²) in [6, 6.07) is 6.32. The van der Waals surface area contributed by atoms with Crippen LogP contribution in [0.15, 0.2) is 36.9 Å². The molecule has 1 amide bonds. The highest BCUT2D eigenvalue weighted by Gasteiger charge is 1.96. The number of carbonyl (C=O) groups is 1. The molecule has 3 heteroatoms. The predicted molar refractivity (Wildman–Crippen MR) is 60.8 cm³/mol. The third-order valence-corrected chi connectivity index (χ3v) is 1.65. The molecule has 0 unspecified atom stereocenters. The molecule has 0 aromatic heterocycles. The van der Waals surface area contributed by atoms with Crippen molar-refractivity contribution in [3.05, 3.63) is 36.9 Å². The average Bonchev–Trinajstić information content (AvgIpc) is 3.04. The molecule has 0 radical (unpaired) electrons. The molecule has 2 N–H and O–H groups in total. The summed E-state index contributed by atoms with van der Waals surface area (Å²) in [5, 5.41) is 11.5. The quantitative estimate of drug-likeness (QED) is 0.729. The van der Waals surface area contributed by atoms with Crippen LogP contribution in [0.2, 0.25) is 0 Å². The van der Waals surface area contributed by atoms with E-state index < -0.39 is 0 Å². The zero-order chi connectivity index (χ0) is 11.1. The van der Waals surface area contributed by atoms with E-state index in [9.17, 15) is 4.79 Å². The number of benzene rings is 1. The van der Waals surface area contributed by atoms with Gasteiger partial charge in [0.15, 0.2) is 0 Å². The number of amides is 1. The van der Waals surface area contributed by atoms with Gasteiger partial charge >= 0.3 is 0 Å². The van der Waals surface area contributed by atoms with E-state index in [-0.39, 0.29) is 11.7 Å². The molecule has 1 fully saturated rings. The van der Waals surface area contributed by atoms with Crippen molar-refractivity contribution < 1.29 is 9.90 Å². The molecular weight excluding hydrogens is 190 g/mol. The first kappa shape index (κ1) is 11.3. The van der Waals surface area contributed by atoms with Gasteiger partial charge in [-0.05, 0) is 18.2 Å². The third kappa shape index (κ3) is 5.52. The van der Waals surface area contributed by atoms with Crippen molar-refractivity contribution in [3.8, 4) is 5.75 Å². The van der Waals surface area contributed by atoms with Crippen LogP contribution in [0.3, 0.4) is 0 Å². The fraction of sp³-hybridized carbons (Fsp3) is 0.250. The summed E-state index contributed by atoms with van der Waals surface area (Å²) in [5.74, 6) is -0.169. The van der Waals surface area contributed by atoms with Gasteiger partial charge in [-0.3, -0.25) is 4.79 Å². The predicted octanol–water partition coefficient (Wildman–Crippen LogP) is 2.69. The molecule has 0 spiro atoms. The summed E-state index contributed by atoms with van der Waals surface area (Å²) in [7, 11) is 0. The summed E-state index contributed by atoms with van der Waals surface area (Å²) in [4.78, 5) is 10.8. The van der Waals surface area contributed by atoms with E-state index in [0.29, 0.717) is 5.69 Å². The largest absolute Gasteiger partial charge is 0.508 e. The van der Waals surface area contributed by atoms with Crippen molar-refractivity contribution in [2.45, 2.75) is 19.3 Å². The molecule has 80 valence electrons. The van der Waals surface area contributed by atoms with E-state index in [1.165, 1.54) is 37.5 Å². The minimum atomic E-state index is -0.291. The zero-order valence-electron chi connectivity index (χ0n) is 8.57. The molecule has 2 rings (SSSR count). The van der Waals surface area contributed by atoms with Crippen molar-refractivity contribution in [2.24, 2.45) is 0 Å². The SMILES string of the molecule is C1CC1.C=CC(=O)Nc1cccc(O)c1. The summed E-state index contributed by atoms with van der Waals surface area (Å²) in [5.41, 5.74) is 0.555. The van der Waals surface area contributed by atoms with Gasteiger partial charge in [-0.25, -0.2) is 0 Å². The maximum atomic E-state index is 10.8. The topological polar surface area (TPSA) is 49.3 Å². The van der Waals surface area contributed by atoms with Crippen LogP contribution >= 0.6 is 0 Å². The molecule has 1 aliphatic carbocycles. The Morgan fingerprint density at radius 2 is 2.07 bits per heavy atom. The van der Waals surface area contributed by atoms with Gasteiger partial charge in [-0.2, -0.15) is 0 Å². The number of phenolic OH excluding ortho intramolecular Hbond substituents is 1. The standard InChI is InChI=1S/C9H9NO2.C3H6/c1-2-9(12)10-7-4-3-5-8(11)6-7;1-2-3-1/h2-6,11H,1H2,(H,10,12);1-3H2. The molecule has 1 aliphatic rings. The van der Waals surface area contributed by atoms with Crippen molar-refractivity contribution in [3.63, 3.8) is 0 Å². The van der Waals surface area contributed by atoms with Crippen LogP contribution in [-0.4, -0.2) is 11.0 Å². The van der Waals surface area contributed by atoms with E-state index in [0.717, 1.165) is 0 Å². The number of phenols is 1. The number of hydrogen-bond acceptors (Lipinski definition) is 2. The van der Waals surface area contributed by atoms with Gasteiger partial charge in [0, 0.05) is 11.8 Å². The Hall–Kier alpha value is -1.77. The smallest absolute Gasteiger partial charge is 0.247 e. The molecule has 1 saturated carbocycles. The van der Waals surface area contributed by atoms with Gasteiger partial charge in [0.25, 0.3) is 0 Å². The molecule has 1 aromatic carbocycles. The summed E-state index contributed by atoms with van der Waals surface area (Å²) >= 11 is 0. The van der Waals surface area contributed by atoms with E-state index in [1.54, 1.807) is 12.1 Å². The molecule has 15 heavy (non-hydrogen) atoms. The van der Waals surface area contributed by atoms with Gasteiger partial charge in [0.05, 0.1) is 0 Å². The van der Waals surface area contributed by atoms with Crippen molar-refractivity contribution in [2.75, 3.05) is 5.32 Å². The first-order valence-electron chi connectivity index (χ1n) is 4.95. The van der Waals surface area contributed by atoms with Crippen LogP contribution in [-0.2, 0) is 4.79 Å². The van der Waals surface area contributed by atoms with Crippen molar-refractivity contribution >= 4 is 11.6 Å². The van der Waals surface area contributed by atoms with Gasteiger partial charge in [0.1, 0.15) is 5.75 Å². The van der Waals surface area contributed by atoms with Crippen LogP contribution in [0, 0.1) is 0 Å². The lowest BCUT2D eigenvalue weighted by Crippen LogP contribution is -2.06. The Labute approximate surface area is 89.4 Å². The normalized spacial score (nSPS) is 12.0. The Balaban J connectivity index is 0.000000319. The van der Waals surface area contributed by atoms with Crippen LogP contribution in [0.1, 0.15) is 19.3 Å².